The number of pyridine rings is 1. The molecular formula is C31H34F3N3O5. The minimum absolute atomic E-state index is 0.0768. The lowest BCUT2D eigenvalue weighted by Crippen LogP contribution is -2.28. The molecule has 0 bridgehead atoms. The van der Waals surface area contributed by atoms with Crippen molar-refractivity contribution in [3.63, 3.8) is 0 Å². The van der Waals surface area contributed by atoms with Crippen molar-refractivity contribution >= 4 is 29.2 Å². The number of anilines is 2. The van der Waals surface area contributed by atoms with Gasteiger partial charge in [0.25, 0.3) is 0 Å². The summed E-state index contributed by atoms with van der Waals surface area (Å²) in [5, 5.41) is 4.69. The number of nitrogens with one attached hydrogen (secondary N) is 2. The number of benzene rings is 2. The van der Waals surface area contributed by atoms with Gasteiger partial charge in [0, 0.05) is 29.1 Å². The molecule has 1 heterocycles. The molecule has 11 heteroatoms. The second kappa shape index (κ2) is 13.1. The molecular weight excluding hydrogens is 551 g/mol. The van der Waals surface area contributed by atoms with Crippen LogP contribution in [0.1, 0.15) is 68.2 Å². The van der Waals surface area contributed by atoms with E-state index in [-0.39, 0.29) is 23.5 Å². The number of rotatable bonds is 9. The molecule has 0 atom stereocenters. The van der Waals surface area contributed by atoms with E-state index in [9.17, 15) is 27.6 Å². The molecule has 0 aliphatic heterocycles. The lowest BCUT2D eigenvalue weighted by atomic mass is 9.98. The molecule has 1 aromatic heterocycles. The zero-order valence-electron chi connectivity index (χ0n) is 24.4. The highest BCUT2D eigenvalue weighted by atomic mass is 19.4. The van der Waals surface area contributed by atoms with Gasteiger partial charge in [0.15, 0.2) is 5.78 Å². The number of Topliss-reactive ketones (excluding diaryl/α,β-unsaturated/α-hetero) is 1. The number of hydrogen-bond donors (Lipinski definition) is 2. The Bertz CT molecular complexity index is 1480. The Morgan fingerprint density at radius 3 is 2.24 bits per heavy atom. The van der Waals surface area contributed by atoms with Crippen LogP contribution in [0.25, 0.3) is 11.1 Å². The van der Waals surface area contributed by atoms with Crippen LogP contribution in [0.2, 0.25) is 0 Å². The maximum Gasteiger partial charge on any atom is 0.420 e. The number of ketones is 1. The van der Waals surface area contributed by atoms with Crippen LogP contribution in [0.4, 0.5) is 29.3 Å². The highest BCUT2D eigenvalue weighted by Gasteiger charge is 2.36. The summed E-state index contributed by atoms with van der Waals surface area (Å²) in [7, 11) is 0. The molecule has 3 aromatic rings. The third kappa shape index (κ3) is 8.55. The average Bonchev–Trinajstić information content (AvgIpc) is 2.88. The third-order valence-corrected chi connectivity index (χ3v) is 5.98. The fraction of sp³-hybridized carbons (Fsp3) is 0.355. The Morgan fingerprint density at radius 2 is 1.64 bits per heavy atom. The van der Waals surface area contributed by atoms with Crippen LogP contribution in [-0.2, 0) is 22.1 Å². The summed E-state index contributed by atoms with van der Waals surface area (Å²) in [4.78, 5) is 42.8. The monoisotopic (exact) mass is 585 g/mol. The first-order chi connectivity index (χ1) is 19.6. The van der Waals surface area contributed by atoms with Crippen LogP contribution >= 0.6 is 0 Å². The summed E-state index contributed by atoms with van der Waals surface area (Å²) in [6.45, 7) is 10.2. The number of hydrogen-bond acceptors (Lipinski definition) is 6. The molecule has 0 saturated heterocycles. The number of carbonyl (C=O) groups excluding carboxylic acids is 3. The number of alkyl halides is 3. The first kappa shape index (κ1) is 32.1. The average molecular weight is 586 g/mol. The summed E-state index contributed by atoms with van der Waals surface area (Å²) in [6, 6.07) is 10.3. The van der Waals surface area contributed by atoms with Crippen LogP contribution in [0, 0.1) is 6.92 Å². The van der Waals surface area contributed by atoms with E-state index in [1.54, 1.807) is 45.2 Å². The standard InChI is InChI=1S/C31H34F3N3O5/c1-7-21-12-18(3)22(17-35-21)19-10-9-11-20(13-19)26(38)16-28(39)36-24-14-23(31(32,33)34)27(41-8-2)15-25(24)37-29(40)42-30(4,5)6/h9-15,17H,7-8,16H2,1-6H3,(H,36,39)(H,37,40). The van der Waals surface area contributed by atoms with Gasteiger partial charge in [0.05, 0.1) is 30.0 Å². The molecule has 0 unspecified atom stereocenters. The molecule has 0 aliphatic rings. The maximum absolute atomic E-state index is 13.8. The zero-order valence-corrected chi connectivity index (χ0v) is 24.4. The molecule has 224 valence electrons. The second-order valence-corrected chi connectivity index (χ2v) is 10.5. The van der Waals surface area contributed by atoms with Crippen molar-refractivity contribution in [1.29, 1.82) is 0 Å². The van der Waals surface area contributed by atoms with Crippen LogP contribution < -0.4 is 15.4 Å². The third-order valence-electron chi connectivity index (χ3n) is 5.98. The van der Waals surface area contributed by atoms with Gasteiger partial charge in [-0.3, -0.25) is 19.9 Å². The van der Waals surface area contributed by atoms with Gasteiger partial charge in [0.2, 0.25) is 5.91 Å². The van der Waals surface area contributed by atoms with Crippen molar-refractivity contribution < 1.29 is 37.0 Å². The van der Waals surface area contributed by atoms with E-state index in [1.807, 2.05) is 26.0 Å². The predicted octanol–water partition coefficient (Wildman–Crippen LogP) is 7.60. The zero-order chi connectivity index (χ0) is 31.2. The highest BCUT2D eigenvalue weighted by molar-refractivity contribution is 6.12. The van der Waals surface area contributed by atoms with Crippen LogP contribution in [-0.4, -0.2) is 35.0 Å². The van der Waals surface area contributed by atoms with Crippen molar-refractivity contribution in [3.8, 4) is 16.9 Å². The molecule has 2 N–H and O–H groups in total. The minimum Gasteiger partial charge on any atom is -0.493 e. The Morgan fingerprint density at radius 1 is 0.952 bits per heavy atom. The number of amides is 2. The van der Waals surface area contributed by atoms with Gasteiger partial charge in [-0.25, -0.2) is 4.79 Å². The number of aromatic nitrogens is 1. The van der Waals surface area contributed by atoms with E-state index in [2.05, 4.69) is 15.6 Å². The Balaban J connectivity index is 1.88. The fourth-order valence-electron chi connectivity index (χ4n) is 4.11. The van der Waals surface area contributed by atoms with E-state index < -0.39 is 47.3 Å². The summed E-state index contributed by atoms with van der Waals surface area (Å²) in [5.41, 5.74) is 1.10. The quantitative estimate of drug-likeness (QED) is 0.198. The predicted molar refractivity (Wildman–Crippen MR) is 154 cm³/mol. The van der Waals surface area contributed by atoms with E-state index in [1.165, 1.54) is 6.92 Å². The molecule has 8 nitrogen and oxygen atoms in total. The molecule has 0 fully saturated rings. The van der Waals surface area contributed by atoms with Crippen molar-refractivity contribution in [2.45, 2.75) is 66.2 Å². The largest absolute Gasteiger partial charge is 0.493 e. The number of aryl methyl sites for hydroxylation is 2. The number of carbonyl (C=O) groups is 3. The number of halogens is 3. The van der Waals surface area contributed by atoms with Crippen molar-refractivity contribution in [2.75, 3.05) is 17.2 Å². The lowest BCUT2D eigenvalue weighted by Gasteiger charge is -2.22. The summed E-state index contributed by atoms with van der Waals surface area (Å²) in [5.74, 6) is -1.97. The minimum atomic E-state index is -4.83. The van der Waals surface area contributed by atoms with Crippen molar-refractivity contribution in [1.82, 2.24) is 4.98 Å². The molecule has 2 aromatic carbocycles. The van der Waals surface area contributed by atoms with Crippen molar-refractivity contribution in [3.05, 3.63) is 71.0 Å². The first-order valence-corrected chi connectivity index (χ1v) is 13.4. The van der Waals surface area contributed by atoms with Gasteiger partial charge in [0.1, 0.15) is 11.4 Å². The number of nitrogens with zero attached hydrogens (tertiary/aromatic N) is 1. The van der Waals surface area contributed by atoms with Gasteiger partial charge in [-0.05, 0) is 70.4 Å². The van der Waals surface area contributed by atoms with E-state index in [4.69, 9.17) is 9.47 Å². The van der Waals surface area contributed by atoms with Crippen molar-refractivity contribution in [2.24, 2.45) is 0 Å². The van der Waals surface area contributed by atoms with Crippen LogP contribution in [0.5, 0.6) is 5.75 Å². The Labute approximate surface area is 242 Å². The molecule has 0 aliphatic carbocycles. The summed E-state index contributed by atoms with van der Waals surface area (Å²) < 4.78 is 51.8. The van der Waals surface area contributed by atoms with Gasteiger partial charge in [-0.15, -0.1) is 0 Å². The Kier molecular flexibility index (Phi) is 9.98. The Hall–Kier alpha value is -4.41. The topological polar surface area (TPSA) is 107 Å². The van der Waals surface area contributed by atoms with Crippen LogP contribution in [0.3, 0.4) is 0 Å². The maximum atomic E-state index is 13.8. The molecule has 0 radical (unpaired) electrons. The van der Waals surface area contributed by atoms with E-state index in [0.717, 1.165) is 34.9 Å². The van der Waals surface area contributed by atoms with E-state index >= 15 is 0 Å². The SMILES string of the molecule is CCOc1cc(NC(=O)OC(C)(C)C)c(NC(=O)CC(=O)c2cccc(-c3cnc(CC)cc3C)c2)cc1C(F)(F)F. The van der Waals surface area contributed by atoms with Gasteiger partial charge in [-0.1, -0.05) is 25.1 Å². The fourth-order valence-corrected chi connectivity index (χ4v) is 4.11. The van der Waals surface area contributed by atoms with Crippen LogP contribution in [0.15, 0.2) is 48.7 Å². The lowest BCUT2D eigenvalue weighted by molar-refractivity contribution is -0.138. The van der Waals surface area contributed by atoms with E-state index in [0.29, 0.717) is 6.07 Å². The molecule has 0 spiro atoms. The highest BCUT2D eigenvalue weighted by Crippen LogP contribution is 2.41. The molecule has 3 rings (SSSR count). The number of ether oxygens (including phenoxy) is 2. The molecule has 0 saturated carbocycles. The normalized spacial score (nSPS) is 11.5. The molecule has 42 heavy (non-hydrogen) atoms. The second-order valence-electron chi connectivity index (χ2n) is 10.5. The first-order valence-electron chi connectivity index (χ1n) is 13.4. The summed E-state index contributed by atoms with van der Waals surface area (Å²) >= 11 is 0. The molecule has 2 amide bonds. The smallest absolute Gasteiger partial charge is 0.420 e. The van der Waals surface area contributed by atoms with Gasteiger partial charge in [-0.2, -0.15) is 13.2 Å². The van der Waals surface area contributed by atoms with Gasteiger partial charge >= 0.3 is 12.3 Å². The summed E-state index contributed by atoms with van der Waals surface area (Å²) in [6.07, 6.45) is -3.93. The van der Waals surface area contributed by atoms with Gasteiger partial charge < -0.3 is 14.8 Å².